The van der Waals surface area contributed by atoms with Crippen LogP contribution in [0.1, 0.15) is 59.8 Å². The summed E-state index contributed by atoms with van der Waals surface area (Å²) in [6, 6.07) is 0. The summed E-state index contributed by atoms with van der Waals surface area (Å²) in [5.74, 6) is 1.35. The second kappa shape index (κ2) is 9.98. The maximum atomic E-state index is 12.2. The Kier molecular flexibility index (Phi) is 8.69. The van der Waals surface area contributed by atoms with Gasteiger partial charge >= 0.3 is 0 Å². The SMILES string of the molecule is CC(C)CCCN1CCN(C(=O)CCCC(=O)C(C)C)CC1. The van der Waals surface area contributed by atoms with Crippen LogP contribution in [0.25, 0.3) is 0 Å². The average molecular weight is 310 g/mol. The van der Waals surface area contributed by atoms with Gasteiger partial charge in [0.1, 0.15) is 5.78 Å². The molecule has 0 aromatic heterocycles. The minimum absolute atomic E-state index is 0.0875. The van der Waals surface area contributed by atoms with Gasteiger partial charge in [-0.1, -0.05) is 27.7 Å². The van der Waals surface area contributed by atoms with Crippen LogP contribution in [0.5, 0.6) is 0 Å². The summed E-state index contributed by atoms with van der Waals surface area (Å²) in [5.41, 5.74) is 0. The molecule has 0 aliphatic carbocycles. The molecule has 0 atom stereocenters. The number of nitrogens with zero attached hydrogens (tertiary/aromatic N) is 2. The van der Waals surface area contributed by atoms with Gasteiger partial charge in [0.2, 0.25) is 5.91 Å². The molecule has 1 rings (SSSR count). The topological polar surface area (TPSA) is 40.6 Å². The molecule has 0 radical (unpaired) electrons. The van der Waals surface area contributed by atoms with E-state index in [9.17, 15) is 9.59 Å². The van der Waals surface area contributed by atoms with Crippen molar-refractivity contribution in [1.82, 2.24) is 9.80 Å². The Morgan fingerprint density at radius 2 is 1.55 bits per heavy atom. The van der Waals surface area contributed by atoms with Crippen LogP contribution in [0.2, 0.25) is 0 Å². The number of amides is 1. The molecule has 22 heavy (non-hydrogen) atoms. The van der Waals surface area contributed by atoms with Gasteiger partial charge in [0.15, 0.2) is 0 Å². The molecule has 0 aromatic carbocycles. The van der Waals surface area contributed by atoms with Crippen molar-refractivity contribution < 1.29 is 9.59 Å². The Balaban J connectivity index is 2.15. The van der Waals surface area contributed by atoms with Gasteiger partial charge in [0.25, 0.3) is 0 Å². The van der Waals surface area contributed by atoms with E-state index in [4.69, 9.17) is 0 Å². The number of Topliss-reactive ketones (excluding diaryl/α,β-unsaturated/α-hetero) is 1. The number of ketones is 1. The highest BCUT2D eigenvalue weighted by atomic mass is 16.2. The summed E-state index contributed by atoms with van der Waals surface area (Å²) in [6.45, 7) is 13.2. The third-order valence-corrected chi connectivity index (χ3v) is 4.44. The molecule has 0 N–H and O–H groups in total. The largest absolute Gasteiger partial charge is 0.340 e. The van der Waals surface area contributed by atoms with Gasteiger partial charge < -0.3 is 4.90 Å². The van der Waals surface area contributed by atoms with Crippen LogP contribution >= 0.6 is 0 Å². The summed E-state index contributed by atoms with van der Waals surface area (Å²) in [7, 11) is 0. The number of piperazine rings is 1. The van der Waals surface area contributed by atoms with Crippen molar-refractivity contribution in [1.29, 1.82) is 0 Å². The van der Waals surface area contributed by atoms with Gasteiger partial charge in [-0.3, -0.25) is 14.5 Å². The lowest BCUT2D eigenvalue weighted by molar-refractivity contribution is -0.133. The Bertz CT molecular complexity index is 345. The Morgan fingerprint density at radius 3 is 2.09 bits per heavy atom. The fourth-order valence-corrected chi connectivity index (χ4v) is 2.80. The summed E-state index contributed by atoms with van der Waals surface area (Å²) in [6.07, 6.45) is 4.29. The molecule has 1 heterocycles. The summed E-state index contributed by atoms with van der Waals surface area (Å²) >= 11 is 0. The highest BCUT2D eigenvalue weighted by Gasteiger charge is 2.20. The molecule has 0 bridgehead atoms. The second-order valence-electron chi connectivity index (χ2n) is 7.23. The van der Waals surface area contributed by atoms with Crippen LogP contribution < -0.4 is 0 Å². The standard InChI is InChI=1S/C18H34N2O2/c1-15(2)7-6-10-19-11-13-20(14-12-19)18(22)9-5-8-17(21)16(3)4/h15-16H,5-14H2,1-4H3. The molecular formula is C18H34N2O2. The minimum Gasteiger partial charge on any atom is -0.340 e. The third kappa shape index (κ3) is 7.39. The zero-order chi connectivity index (χ0) is 16.5. The number of carbonyl (C=O) groups excluding carboxylic acids is 2. The molecule has 1 amide bonds. The molecular weight excluding hydrogens is 276 g/mol. The summed E-state index contributed by atoms with van der Waals surface area (Å²) in [4.78, 5) is 28.2. The van der Waals surface area contributed by atoms with E-state index in [2.05, 4.69) is 18.7 Å². The molecule has 1 aliphatic heterocycles. The number of carbonyl (C=O) groups is 2. The van der Waals surface area contributed by atoms with E-state index < -0.39 is 0 Å². The molecule has 1 aliphatic rings. The molecule has 0 aromatic rings. The molecule has 4 nitrogen and oxygen atoms in total. The molecule has 1 saturated heterocycles. The van der Waals surface area contributed by atoms with Crippen molar-refractivity contribution in [3.63, 3.8) is 0 Å². The van der Waals surface area contributed by atoms with Gasteiger partial charge in [0.05, 0.1) is 0 Å². The molecule has 0 saturated carbocycles. The fourth-order valence-electron chi connectivity index (χ4n) is 2.80. The monoisotopic (exact) mass is 310 g/mol. The Morgan fingerprint density at radius 1 is 0.909 bits per heavy atom. The first-order valence-electron chi connectivity index (χ1n) is 8.93. The van der Waals surface area contributed by atoms with E-state index in [1.54, 1.807) is 0 Å². The summed E-state index contributed by atoms with van der Waals surface area (Å²) < 4.78 is 0. The van der Waals surface area contributed by atoms with Gasteiger partial charge in [-0.2, -0.15) is 0 Å². The minimum atomic E-state index is 0.0875. The van der Waals surface area contributed by atoms with Crippen molar-refractivity contribution in [3.05, 3.63) is 0 Å². The third-order valence-electron chi connectivity index (χ3n) is 4.44. The van der Waals surface area contributed by atoms with Crippen LogP contribution in [-0.4, -0.2) is 54.2 Å². The van der Waals surface area contributed by atoms with E-state index in [1.807, 2.05) is 18.7 Å². The van der Waals surface area contributed by atoms with Gasteiger partial charge in [-0.05, 0) is 31.7 Å². The zero-order valence-corrected chi connectivity index (χ0v) is 14.9. The highest BCUT2D eigenvalue weighted by Crippen LogP contribution is 2.10. The smallest absolute Gasteiger partial charge is 0.222 e. The van der Waals surface area contributed by atoms with Gasteiger partial charge in [-0.25, -0.2) is 0 Å². The zero-order valence-electron chi connectivity index (χ0n) is 14.9. The molecule has 0 unspecified atom stereocenters. The van der Waals surface area contributed by atoms with Crippen molar-refractivity contribution in [2.24, 2.45) is 11.8 Å². The molecule has 128 valence electrons. The van der Waals surface area contributed by atoms with Crippen LogP contribution in [0, 0.1) is 11.8 Å². The number of rotatable bonds is 9. The first kappa shape index (κ1) is 19.1. The Labute approximate surface area is 136 Å². The van der Waals surface area contributed by atoms with Crippen LogP contribution in [0.15, 0.2) is 0 Å². The highest BCUT2D eigenvalue weighted by molar-refractivity contribution is 5.81. The van der Waals surface area contributed by atoms with Crippen molar-refractivity contribution >= 4 is 11.7 Å². The maximum absolute atomic E-state index is 12.2. The van der Waals surface area contributed by atoms with E-state index in [0.29, 0.717) is 19.3 Å². The molecule has 0 spiro atoms. The predicted molar refractivity (Wildman–Crippen MR) is 90.8 cm³/mol. The normalized spacial score (nSPS) is 16.5. The lowest BCUT2D eigenvalue weighted by atomic mass is 10.0. The predicted octanol–water partition coefficient (Wildman–Crippen LogP) is 2.96. The van der Waals surface area contributed by atoms with Crippen molar-refractivity contribution in [2.75, 3.05) is 32.7 Å². The van der Waals surface area contributed by atoms with E-state index in [0.717, 1.165) is 38.6 Å². The van der Waals surface area contributed by atoms with Crippen LogP contribution in [0.3, 0.4) is 0 Å². The first-order chi connectivity index (χ1) is 10.4. The Hall–Kier alpha value is -0.900. The number of hydrogen-bond donors (Lipinski definition) is 0. The van der Waals surface area contributed by atoms with Gasteiger partial charge in [0, 0.05) is 44.9 Å². The van der Waals surface area contributed by atoms with Crippen LogP contribution in [-0.2, 0) is 9.59 Å². The summed E-state index contributed by atoms with van der Waals surface area (Å²) in [5, 5.41) is 0. The van der Waals surface area contributed by atoms with Crippen molar-refractivity contribution in [3.8, 4) is 0 Å². The second-order valence-corrected chi connectivity index (χ2v) is 7.23. The number of hydrogen-bond acceptors (Lipinski definition) is 3. The van der Waals surface area contributed by atoms with Gasteiger partial charge in [-0.15, -0.1) is 0 Å². The molecule has 1 fully saturated rings. The fraction of sp³-hybridized carbons (Fsp3) is 0.889. The molecule has 4 heteroatoms. The average Bonchev–Trinajstić information content (AvgIpc) is 2.47. The van der Waals surface area contributed by atoms with E-state index >= 15 is 0 Å². The quantitative estimate of drug-likeness (QED) is 0.657. The maximum Gasteiger partial charge on any atom is 0.222 e. The lowest BCUT2D eigenvalue weighted by Gasteiger charge is -2.35. The van der Waals surface area contributed by atoms with Crippen molar-refractivity contribution in [2.45, 2.75) is 59.8 Å². The lowest BCUT2D eigenvalue weighted by Crippen LogP contribution is -2.48. The van der Waals surface area contributed by atoms with Crippen LogP contribution in [0.4, 0.5) is 0 Å². The van der Waals surface area contributed by atoms with E-state index in [-0.39, 0.29) is 17.6 Å². The first-order valence-corrected chi connectivity index (χ1v) is 8.93. The van der Waals surface area contributed by atoms with E-state index in [1.165, 1.54) is 12.8 Å².